The molecule has 1 heterocycles. The van der Waals surface area contributed by atoms with Crippen LogP contribution in [0.2, 0.25) is 0 Å². The van der Waals surface area contributed by atoms with E-state index in [2.05, 4.69) is 6.07 Å². The number of carbonyl (C=O) groups excluding carboxylic acids is 1. The first kappa shape index (κ1) is 15.3. The van der Waals surface area contributed by atoms with Crippen LogP contribution in [0.1, 0.15) is 59.7 Å². The third kappa shape index (κ3) is 2.84. The summed E-state index contributed by atoms with van der Waals surface area (Å²) in [7, 11) is 3.13. The molecule has 0 radical (unpaired) electrons. The third-order valence-electron chi connectivity index (χ3n) is 4.57. The fraction of sp³-hybridized carbons (Fsp3) is 0.500. The van der Waals surface area contributed by atoms with E-state index in [1.807, 2.05) is 12.1 Å². The molecule has 0 N–H and O–H groups in total. The van der Waals surface area contributed by atoms with Gasteiger partial charge in [0.25, 0.3) is 0 Å². The number of thiophene rings is 1. The molecule has 0 unspecified atom stereocenters. The Morgan fingerprint density at radius 1 is 1.14 bits per heavy atom. The molecule has 0 atom stereocenters. The average Bonchev–Trinajstić information content (AvgIpc) is 2.72. The molecule has 0 saturated heterocycles. The predicted octanol–water partition coefficient (Wildman–Crippen LogP) is 5.13. The summed E-state index contributed by atoms with van der Waals surface area (Å²) >= 11 is 1.53. The van der Waals surface area contributed by atoms with Crippen LogP contribution in [0.3, 0.4) is 0 Å². The van der Waals surface area contributed by atoms with Gasteiger partial charge >= 0.3 is 5.97 Å². The zero-order valence-corrected chi connectivity index (χ0v) is 14.0. The monoisotopic (exact) mass is 318 g/mol. The Hall–Kier alpha value is -1.55. The van der Waals surface area contributed by atoms with Crippen LogP contribution in [0.5, 0.6) is 5.75 Å². The molecule has 4 heteroatoms. The minimum atomic E-state index is -0.209. The standard InChI is InChI=1S/C18H22O3S/c1-20-13-9-10-14-15(11-13)22-17(18(19)21-2)16(14)12-7-5-3-4-6-8-12/h9-12H,3-8H2,1-2H3. The smallest absolute Gasteiger partial charge is 0.348 e. The van der Waals surface area contributed by atoms with Gasteiger partial charge in [-0.25, -0.2) is 4.79 Å². The van der Waals surface area contributed by atoms with Crippen LogP contribution in [0.15, 0.2) is 18.2 Å². The summed E-state index contributed by atoms with van der Waals surface area (Å²) in [5.74, 6) is 1.09. The van der Waals surface area contributed by atoms with Crippen molar-refractivity contribution in [1.29, 1.82) is 0 Å². The van der Waals surface area contributed by atoms with Crippen LogP contribution in [0, 0.1) is 0 Å². The van der Waals surface area contributed by atoms with E-state index in [4.69, 9.17) is 9.47 Å². The molecular weight excluding hydrogens is 296 g/mol. The van der Waals surface area contributed by atoms with Crippen molar-refractivity contribution in [3.05, 3.63) is 28.6 Å². The van der Waals surface area contributed by atoms with Crippen LogP contribution >= 0.6 is 11.3 Å². The number of hydrogen-bond acceptors (Lipinski definition) is 4. The largest absolute Gasteiger partial charge is 0.497 e. The summed E-state index contributed by atoms with van der Waals surface area (Å²) in [6.45, 7) is 0. The second-order valence-corrected chi connectivity index (χ2v) is 6.94. The minimum Gasteiger partial charge on any atom is -0.497 e. The summed E-state index contributed by atoms with van der Waals surface area (Å²) in [6, 6.07) is 6.10. The highest BCUT2D eigenvalue weighted by Gasteiger charge is 2.26. The second kappa shape index (κ2) is 6.69. The quantitative estimate of drug-likeness (QED) is 0.581. The van der Waals surface area contributed by atoms with Crippen LogP contribution in [-0.2, 0) is 4.74 Å². The second-order valence-electron chi connectivity index (χ2n) is 5.89. The molecule has 0 aliphatic heterocycles. The predicted molar refractivity (Wildman–Crippen MR) is 90.2 cm³/mol. The first-order chi connectivity index (χ1) is 10.7. The summed E-state index contributed by atoms with van der Waals surface area (Å²) in [6.07, 6.45) is 7.45. The molecular formula is C18H22O3S. The van der Waals surface area contributed by atoms with Gasteiger partial charge in [0.05, 0.1) is 14.2 Å². The Kier molecular flexibility index (Phi) is 4.67. The van der Waals surface area contributed by atoms with Gasteiger partial charge in [0.1, 0.15) is 10.6 Å². The number of ether oxygens (including phenoxy) is 2. The van der Waals surface area contributed by atoms with E-state index in [1.54, 1.807) is 7.11 Å². The molecule has 1 aliphatic rings. The molecule has 1 fully saturated rings. The lowest BCUT2D eigenvalue weighted by Gasteiger charge is -2.15. The minimum absolute atomic E-state index is 0.209. The van der Waals surface area contributed by atoms with Gasteiger partial charge in [-0.15, -0.1) is 11.3 Å². The highest BCUT2D eigenvalue weighted by Crippen LogP contribution is 2.43. The van der Waals surface area contributed by atoms with E-state index in [9.17, 15) is 4.79 Å². The van der Waals surface area contributed by atoms with Gasteiger partial charge in [-0.1, -0.05) is 25.7 Å². The van der Waals surface area contributed by atoms with Crippen molar-refractivity contribution < 1.29 is 14.3 Å². The summed E-state index contributed by atoms with van der Waals surface area (Å²) in [4.78, 5) is 13.0. The number of rotatable bonds is 3. The van der Waals surface area contributed by atoms with Crippen LogP contribution in [0.25, 0.3) is 10.1 Å². The number of fused-ring (bicyclic) bond motifs is 1. The molecule has 1 saturated carbocycles. The molecule has 1 aromatic carbocycles. The Balaban J connectivity index is 2.13. The van der Waals surface area contributed by atoms with Gasteiger partial charge in [0, 0.05) is 4.70 Å². The van der Waals surface area contributed by atoms with Crippen LogP contribution in [0.4, 0.5) is 0 Å². The van der Waals surface area contributed by atoms with Crippen molar-refractivity contribution in [3.63, 3.8) is 0 Å². The fourth-order valence-electron chi connectivity index (χ4n) is 3.44. The van der Waals surface area contributed by atoms with Crippen molar-refractivity contribution >= 4 is 27.4 Å². The van der Waals surface area contributed by atoms with E-state index >= 15 is 0 Å². The Morgan fingerprint density at radius 3 is 2.50 bits per heavy atom. The van der Waals surface area contributed by atoms with Crippen molar-refractivity contribution in [2.24, 2.45) is 0 Å². The number of hydrogen-bond donors (Lipinski definition) is 0. The van der Waals surface area contributed by atoms with Gasteiger partial charge in [-0.05, 0) is 47.9 Å². The third-order valence-corrected chi connectivity index (χ3v) is 5.72. The molecule has 1 aliphatic carbocycles. The highest BCUT2D eigenvalue weighted by molar-refractivity contribution is 7.21. The lowest BCUT2D eigenvalue weighted by Crippen LogP contribution is -2.06. The van der Waals surface area contributed by atoms with Crippen molar-refractivity contribution in [1.82, 2.24) is 0 Å². The molecule has 0 amide bonds. The first-order valence-electron chi connectivity index (χ1n) is 7.93. The lowest BCUT2D eigenvalue weighted by molar-refractivity contribution is 0.0604. The maximum absolute atomic E-state index is 12.2. The zero-order valence-electron chi connectivity index (χ0n) is 13.2. The topological polar surface area (TPSA) is 35.5 Å². The summed E-state index contributed by atoms with van der Waals surface area (Å²) < 4.78 is 11.4. The van der Waals surface area contributed by atoms with Crippen molar-refractivity contribution in [3.8, 4) is 5.75 Å². The molecule has 1 aromatic heterocycles. The lowest BCUT2D eigenvalue weighted by atomic mass is 9.89. The van der Waals surface area contributed by atoms with Gasteiger partial charge < -0.3 is 9.47 Å². The number of esters is 1. The van der Waals surface area contributed by atoms with Crippen LogP contribution < -0.4 is 4.74 Å². The van der Waals surface area contributed by atoms with E-state index < -0.39 is 0 Å². The highest BCUT2D eigenvalue weighted by atomic mass is 32.1. The van der Waals surface area contributed by atoms with E-state index in [0.717, 1.165) is 15.3 Å². The van der Waals surface area contributed by atoms with Crippen molar-refractivity contribution in [2.45, 2.75) is 44.4 Å². The summed E-state index contributed by atoms with van der Waals surface area (Å²) in [5, 5.41) is 1.19. The van der Waals surface area contributed by atoms with Gasteiger partial charge in [-0.3, -0.25) is 0 Å². The molecule has 0 spiro atoms. The Morgan fingerprint density at radius 2 is 1.86 bits per heavy atom. The van der Waals surface area contributed by atoms with E-state index in [-0.39, 0.29) is 5.97 Å². The maximum atomic E-state index is 12.2. The number of methoxy groups -OCH3 is 2. The molecule has 2 aromatic rings. The molecule has 3 nitrogen and oxygen atoms in total. The first-order valence-corrected chi connectivity index (χ1v) is 8.75. The normalized spacial score (nSPS) is 16.5. The molecule has 118 valence electrons. The summed E-state index contributed by atoms with van der Waals surface area (Å²) in [5.41, 5.74) is 1.21. The van der Waals surface area contributed by atoms with E-state index in [0.29, 0.717) is 5.92 Å². The van der Waals surface area contributed by atoms with Crippen molar-refractivity contribution in [2.75, 3.05) is 14.2 Å². The number of benzene rings is 1. The fourth-order valence-corrected chi connectivity index (χ4v) is 4.68. The molecule has 3 rings (SSSR count). The zero-order chi connectivity index (χ0) is 15.5. The van der Waals surface area contributed by atoms with Gasteiger partial charge in [0.15, 0.2) is 0 Å². The molecule has 22 heavy (non-hydrogen) atoms. The SMILES string of the molecule is COC(=O)c1sc2cc(OC)ccc2c1C1CCCCCC1. The maximum Gasteiger partial charge on any atom is 0.348 e. The number of carbonyl (C=O) groups is 1. The molecule has 0 bridgehead atoms. The Bertz CT molecular complexity index is 666. The van der Waals surface area contributed by atoms with Gasteiger partial charge in [-0.2, -0.15) is 0 Å². The average molecular weight is 318 g/mol. The van der Waals surface area contributed by atoms with Crippen LogP contribution in [-0.4, -0.2) is 20.2 Å². The van der Waals surface area contributed by atoms with E-state index in [1.165, 1.54) is 67.9 Å². The Labute approximate surface area is 135 Å². The van der Waals surface area contributed by atoms with Gasteiger partial charge in [0.2, 0.25) is 0 Å².